The Morgan fingerprint density at radius 2 is 1.64 bits per heavy atom. The number of amides is 1. The second-order valence-electron chi connectivity index (χ2n) is 6.51. The Bertz CT molecular complexity index is 857. The molecule has 0 saturated carbocycles. The normalized spacial score (nSPS) is 16.2. The van der Waals surface area contributed by atoms with Gasteiger partial charge >= 0.3 is 0 Å². The minimum absolute atomic E-state index is 0.0928. The number of hydrogen-bond donors (Lipinski definition) is 1. The molecule has 0 aliphatic carbocycles. The fraction of sp³-hybridized carbons (Fsp3) is 0.389. The molecule has 0 radical (unpaired) electrons. The van der Waals surface area contributed by atoms with Crippen molar-refractivity contribution in [3.8, 4) is 0 Å². The quantitative estimate of drug-likeness (QED) is 0.910. The van der Waals surface area contributed by atoms with Crippen molar-refractivity contribution in [2.45, 2.75) is 25.7 Å². The Morgan fingerprint density at radius 1 is 1.04 bits per heavy atom. The van der Waals surface area contributed by atoms with Crippen LogP contribution in [0.3, 0.4) is 0 Å². The van der Waals surface area contributed by atoms with Crippen LogP contribution in [-0.2, 0) is 10.0 Å². The highest BCUT2D eigenvalue weighted by Gasteiger charge is 2.32. The van der Waals surface area contributed by atoms with Crippen molar-refractivity contribution >= 4 is 15.9 Å². The summed E-state index contributed by atoms with van der Waals surface area (Å²) in [7, 11) is -3.56. The predicted octanol–water partition coefficient (Wildman–Crippen LogP) is 2.09. The Labute approximate surface area is 148 Å². The van der Waals surface area contributed by atoms with Gasteiger partial charge in [-0.3, -0.25) is 4.79 Å². The van der Waals surface area contributed by atoms with E-state index in [0.717, 1.165) is 16.7 Å². The maximum atomic E-state index is 13.1. The van der Waals surface area contributed by atoms with Crippen LogP contribution >= 0.6 is 0 Å². The molecule has 25 heavy (non-hydrogen) atoms. The molecule has 1 aliphatic rings. The number of nitrogens with zero attached hydrogens (tertiary/aromatic N) is 2. The number of aromatic nitrogens is 1. The predicted molar refractivity (Wildman–Crippen MR) is 96.1 cm³/mol. The molecule has 1 saturated heterocycles. The molecular weight excluding hydrogens is 338 g/mol. The van der Waals surface area contributed by atoms with E-state index in [1.54, 1.807) is 23.2 Å². The van der Waals surface area contributed by atoms with Gasteiger partial charge in [0.1, 0.15) is 5.69 Å². The third kappa shape index (κ3) is 3.34. The lowest BCUT2D eigenvalue weighted by molar-refractivity contribution is 0.0692. The first-order valence-corrected chi connectivity index (χ1v) is 9.75. The number of H-pyrrole nitrogens is 1. The number of rotatable bonds is 3. The SMILES string of the molecule is Cc1cc(C)c(S(=O)(=O)N2CCN(C(=O)c3ccc[nH]3)CC2)c(C)c1. The minimum atomic E-state index is -3.56. The second-order valence-corrected chi connectivity index (χ2v) is 8.38. The first kappa shape index (κ1) is 17.7. The van der Waals surface area contributed by atoms with E-state index in [1.807, 2.05) is 32.9 Å². The summed E-state index contributed by atoms with van der Waals surface area (Å²) in [5.41, 5.74) is 3.11. The number of piperazine rings is 1. The molecule has 1 fully saturated rings. The van der Waals surface area contributed by atoms with Gasteiger partial charge in [0.25, 0.3) is 5.91 Å². The number of benzene rings is 1. The molecule has 7 heteroatoms. The number of aryl methyl sites for hydroxylation is 3. The molecule has 1 amide bonds. The van der Waals surface area contributed by atoms with Crippen molar-refractivity contribution in [1.29, 1.82) is 0 Å². The number of sulfonamides is 1. The Morgan fingerprint density at radius 3 is 2.16 bits per heavy atom. The molecule has 1 aromatic carbocycles. The summed E-state index contributed by atoms with van der Waals surface area (Å²) in [6, 6.07) is 7.29. The van der Waals surface area contributed by atoms with Gasteiger partial charge in [0, 0.05) is 32.4 Å². The lowest BCUT2D eigenvalue weighted by Gasteiger charge is -2.34. The van der Waals surface area contributed by atoms with Crippen molar-refractivity contribution in [1.82, 2.24) is 14.2 Å². The highest BCUT2D eigenvalue weighted by molar-refractivity contribution is 7.89. The Balaban J connectivity index is 1.77. The van der Waals surface area contributed by atoms with Crippen LogP contribution in [0.1, 0.15) is 27.2 Å². The van der Waals surface area contributed by atoms with E-state index >= 15 is 0 Å². The third-order valence-electron chi connectivity index (χ3n) is 4.56. The Kier molecular flexibility index (Phi) is 4.71. The largest absolute Gasteiger partial charge is 0.357 e. The fourth-order valence-corrected chi connectivity index (χ4v) is 5.30. The molecule has 0 atom stereocenters. The minimum Gasteiger partial charge on any atom is -0.357 e. The zero-order valence-electron chi connectivity index (χ0n) is 14.7. The summed E-state index contributed by atoms with van der Waals surface area (Å²) in [4.78, 5) is 17.3. The molecule has 0 unspecified atom stereocenters. The van der Waals surface area contributed by atoms with Crippen LogP contribution in [0.5, 0.6) is 0 Å². The summed E-state index contributed by atoms with van der Waals surface area (Å²) in [6.07, 6.45) is 1.71. The van der Waals surface area contributed by atoms with E-state index in [2.05, 4.69) is 4.98 Å². The summed E-state index contributed by atoms with van der Waals surface area (Å²) < 4.78 is 27.6. The molecule has 3 rings (SSSR count). The zero-order valence-corrected chi connectivity index (χ0v) is 15.6. The van der Waals surface area contributed by atoms with Gasteiger partial charge in [-0.25, -0.2) is 8.42 Å². The van der Waals surface area contributed by atoms with Gasteiger partial charge in [0.15, 0.2) is 0 Å². The van der Waals surface area contributed by atoms with Crippen molar-refractivity contribution in [3.63, 3.8) is 0 Å². The van der Waals surface area contributed by atoms with Gasteiger partial charge in [-0.2, -0.15) is 4.31 Å². The lowest BCUT2D eigenvalue weighted by Crippen LogP contribution is -2.50. The van der Waals surface area contributed by atoms with Gasteiger partial charge in [0.05, 0.1) is 4.90 Å². The van der Waals surface area contributed by atoms with Crippen LogP contribution in [0.25, 0.3) is 0 Å². The summed E-state index contributed by atoms with van der Waals surface area (Å²) in [6.45, 7) is 7.02. The van der Waals surface area contributed by atoms with E-state index < -0.39 is 10.0 Å². The summed E-state index contributed by atoms with van der Waals surface area (Å²) in [5.74, 6) is -0.0928. The van der Waals surface area contributed by atoms with Gasteiger partial charge in [-0.05, 0) is 44.0 Å². The zero-order chi connectivity index (χ0) is 18.2. The molecule has 2 aromatic rings. The fourth-order valence-electron chi connectivity index (χ4n) is 3.47. The maximum absolute atomic E-state index is 13.1. The lowest BCUT2D eigenvalue weighted by atomic mass is 10.1. The molecule has 1 aliphatic heterocycles. The molecule has 1 aromatic heterocycles. The number of nitrogens with one attached hydrogen (secondary N) is 1. The monoisotopic (exact) mass is 361 g/mol. The summed E-state index contributed by atoms with van der Waals surface area (Å²) >= 11 is 0. The highest BCUT2D eigenvalue weighted by Crippen LogP contribution is 2.26. The first-order valence-electron chi connectivity index (χ1n) is 8.31. The topological polar surface area (TPSA) is 73.5 Å². The van der Waals surface area contributed by atoms with E-state index in [-0.39, 0.29) is 5.91 Å². The average Bonchev–Trinajstić information content (AvgIpc) is 3.07. The van der Waals surface area contributed by atoms with Gasteiger partial charge in [-0.1, -0.05) is 17.7 Å². The number of hydrogen-bond acceptors (Lipinski definition) is 3. The summed E-state index contributed by atoms with van der Waals surface area (Å²) in [5, 5.41) is 0. The molecule has 0 bridgehead atoms. The van der Waals surface area contributed by atoms with Crippen molar-refractivity contribution < 1.29 is 13.2 Å². The molecule has 6 nitrogen and oxygen atoms in total. The molecule has 2 heterocycles. The van der Waals surface area contributed by atoms with Crippen molar-refractivity contribution in [2.24, 2.45) is 0 Å². The number of carbonyl (C=O) groups is 1. The average molecular weight is 361 g/mol. The van der Waals surface area contributed by atoms with E-state index in [1.165, 1.54) is 4.31 Å². The Hall–Kier alpha value is -2.12. The van der Waals surface area contributed by atoms with Crippen molar-refractivity contribution in [3.05, 3.63) is 52.8 Å². The van der Waals surface area contributed by atoms with Gasteiger partial charge in [0.2, 0.25) is 10.0 Å². The van der Waals surface area contributed by atoms with Gasteiger partial charge < -0.3 is 9.88 Å². The van der Waals surface area contributed by atoms with Gasteiger partial charge in [-0.15, -0.1) is 0 Å². The van der Waals surface area contributed by atoms with Crippen molar-refractivity contribution in [2.75, 3.05) is 26.2 Å². The van der Waals surface area contributed by atoms with E-state index in [9.17, 15) is 13.2 Å². The van der Waals surface area contributed by atoms with Crippen LogP contribution in [0, 0.1) is 20.8 Å². The van der Waals surface area contributed by atoms with Crippen LogP contribution in [0.2, 0.25) is 0 Å². The van der Waals surface area contributed by atoms with E-state index in [4.69, 9.17) is 0 Å². The standard InChI is InChI=1S/C18H23N3O3S/c1-13-11-14(2)17(15(3)12-13)25(23,24)21-9-7-20(8-10-21)18(22)16-5-4-6-19-16/h4-6,11-12,19H,7-10H2,1-3H3. The third-order valence-corrected chi connectivity index (χ3v) is 6.76. The smallest absolute Gasteiger partial charge is 0.270 e. The molecular formula is C18H23N3O3S. The molecule has 0 spiro atoms. The molecule has 134 valence electrons. The number of carbonyl (C=O) groups excluding carboxylic acids is 1. The van der Waals surface area contributed by atoms with Crippen LogP contribution in [0.4, 0.5) is 0 Å². The van der Waals surface area contributed by atoms with Crippen LogP contribution in [-0.4, -0.2) is 54.7 Å². The van der Waals surface area contributed by atoms with E-state index in [0.29, 0.717) is 36.8 Å². The second kappa shape index (κ2) is 6.65. The highest BCUT2D eigenvalue weighted by atomic mass is 32.2. The number of aromatic amines is 1. The molecule has 1 N–H and O–H groups in total. The van der Waals surface area contributed by atoms with Crippen LogP contribution < -0.4 is 0 Å². The first-order chi connectivity index (χ1) is 11.8. The van der Waals surface area contributed by atoms with Crippen LogP contribution in [0.15, 0.2) is 35.4 Å². The maximum Gasteiger partial charge on any atom is 0.270 e.